The summed E-state index contributed by atoms with van der Waals surface area (Å²) in [6.45, 7) is 3.16. The van der Waals surface area contributed by atoms with Crippen molar-refractivity contribution in [1.82, 2.24) is 4.90 Å². The van der Waals surface area contributed by atoms with Gasteiger partial charge in [-0.25, -0.2) is 4.39 Å². The third-order valence-electron chi connectivity index (χ3n) is 5.54. The Morgan fingerprint density at radius 1 is 1.23 bits per heavy atom. The third-order valence-corrected chi connectivity index (χ3v) is 7.16. The van der Waals surface area contributed by atoms with E-state index in [1.165, 1.54) is 6.07 Å². The molecule has 1 saturated heterocycles. The number of hydrogen-bond donors (Lipinski definition) is 0. The van der Waals surface area contributed by atoms with Crippen molar-refractivity contribution in [3.8, 4) is 0 Å². The molecule has 1 heterocycles. The number of halogens is 2. The summed E-state index contributed by atoms with van der Waals surface area (Å²) >= 11 is 7.75. The Morgan fingerprint density at radius 2 is 1.97 bits per heavy atom. The number of rotatable bonds is 8. The van der Waals surface area contributed by atoms with Crippen LogP contribution in [0, 0.1) is 5.82 Å². The highest BCUT2D eigenvalue weighted by atomic mass is 35.5. The topological polar surface area (TPSA) is 32.8 Å². The molecule has 30 heavy (non-hydrogen) atoms. The molecule has 2 atom stereocenters. The zero-order valence-electron chi connectivity index (χ0n) is 17.0. The maximum Gasteiger partial charge on any atom is 0.249 e. The van der Waals surface area contributed by atoms with Gasteiger partial charge in [0, 0.05) is 10.3 Å². The van der Waals surface area contributed by atoms with Gasteiger partial charge in [0.05, 0.1) is 30.9 Å². The van der Waals surface area contributed by atoms with E-state index in [9.17, 15) is 9.18 Å². The average molecular weight is 449 g/mol. The maximum atomic E-state index is 14.6. The standard InChI is InChI=1S/C23H26ClFN2O2S/c1-2-18(13-26(30-19-11-12-19)21-6-4-3-5-20(21)25)27-22(14-29-15-23(27)28)16-7-9-17(24)10-8-16/h3-10,18-19,22H,2,11-15H2,1H3. The molecule has 2 aromatic carbocycles. The second kappa shape index (κ2) is 9.58. The Balaban J connectivity index is 1.61. The third kappa shape index (κ3) is 4.93. The fourth-order valence-corrected chi connectivity index (χ4v) is 5.15. The van der Waals surface area contributed by atoms with Crippen LogP contribution in [-0.4, -0.2) is 41.9 Å². The normalized spacial score (nSPS) is 20.3. The minimum atomic E-state index is -0.233. The highest BCUT2D eigenvalue weighted by Gasteiger charge is 2.37. The second-order valence-electron chi connectivity index (χ2n) is 7.76. The molecule has 0 bridgehead atoms. The van der Waals surface area contributed by atoms with Crippen LogP contribution in [0.3, 0.4) is 0 Å². The predicted octanol–water partition coefficient (Wildman–Crippen LogP) is 5.47. The molecule has 2 aliphatic rings. The first-order chi connectivity index (χ1) is 14.6. The summed E-state index contributed by atoms with van der Waals surface area (Å²) < 4.78 is 22.2. The molecule has 7 heteroatoms. The second-order valence-corrected chi connectivity index (χ2v) is 9.52. The summed E-state index contributed by atoms with van der Waals surface area (Å²) in [6.07, 6.45) is 3.07. The Labute approximate surface area is 186 Å². The lowest BCUT2D eigenvalue weighted by Crippen LogP contribution is -2.52. The van der Waals surface area contributed by atoms with Gasteiger partial charge in [-0.3, -0.25) is 4.79 Å². The van der Waals surface area contributed by atoms with E-state index in [1.54, 1.807) is 18.0 Å². The van der Waals surface area contributed by atoms with Crippen molar-refractivity contribution in [3.63, 3.8) is 0 Å². The molecule has 4 rings (SSSR count). The molecular formula is C23H26ClFN2O2S. The van der Waals surface area contributed by atoms with Gasteiger partial charge in [0.25, 0.3) is 0 Å². The number of morpholine rings is 1. The minimum Gasteiger partial charge on any atom is -0.369 e. The molecule has 0 N–H and O–H groups in total. The zero-order valence-corrected chi connectivity index (χ0v) is 18.5. The van der Waals surface area contributed by atoms with Crippen LogP contribution in [0.2, 0.25) is 5.02 Å². The fourth-order valence-electron chi connectivity index (χ4n) is 3.80. The van der Waals surface area contributed by atoms with E-state index < -0.39 is 0 Å². The number of ether oxygens (including phenoxy) is 1. The van der Waals surface area contributed by atoms with Crippen LogP contribution in [0.4, 0.5) is 10.1 Å². The predicted molar refractivity (Wildman–Crippen MR) is 120 cm³/mol. The monoisotopic (exact) mass is 448 g/mol. The molecule has 160 valence electrons. The highest BCUT2D eigenvalue weighted by molar-refractivity contribution is 8.01. The van der Waals surface area contributed by atoms with Crippen molar-refractivity contribution < 1.29 is 13.9 Å². The maximum absolute atomic E-state index is 14.6. The number of nitrogens with zero attached hydrogens (tertiary/aromatic N) is 2. The molecule has 1 aliphatic heterocycles. The Hall–Kier alpha value is -1.76. The van der Waals surface area contributed by atoms with E-state index in [0.717, 1.165) is 24.8 Å². The number of anilines is 1. The number of carbonyl (C=O) groups is 1. The molecule has 1 saturated carbocycles. The number of hydrogen-bond acceptors (Lipinski definition) is 4. The molecule has 0 spiro atoms. The number of benzene rings is 2. The van der Waals surface area contributed by atoms with Crippen LogP contribution in [0.1, 0.15) is 37.8 Å². The molecule has 2 fully saturated rings. The van der Waals surface area contributed by atoms with Crippen molar-refractivity contribution >= 4 is 35.1 Å². The average Bonchev–Trinajstić information content (AvgIpc) is 3.56. The quantitative estimate of drug-likeness (QED) is 0.501. The van der Waals surface area contributed by atoms with E-state index in [-0.39, 0.29) is 30.4 Å². The van der Waals surface area contributed by atoms with Crippen molar-refractivity contribution in [3.05, 3.63) is 64.9 Å². The number of para-hydroxylation sites is 1. The van der Waals surface area contributed by atoms with Gasteiger partial charge in [0.1, 0.15) is 12.4 Å². The van der Waals surface area contributed by atoms with E-state index >= 15 is 0 Å². The highest BCUT2D eigenvalue weighted by Crippen LogP contribution is 2.40. The van der Waals surface area contributed by atoms with Crippen LogP contribution in [0.25, 0.3) is 0 Å². The lowest BCUT2D eigenvalue weighted by atomic mass is 10.0. The van der Waals surface area contributed by atoms with E-state index in [0.29, 0.717) is 29.1 Å². The van der Waals surface area contributed by atoms with Gasteiger partial charge in [0.15, 0.2) is 0 Å². The SMILES string of the molecule is CCC(CN(SC1CC1)c1ccccc1F)N1C(=O)COCC1c1ccc(Cl)cc1. The summed E-state index contributed by atoms with van der Waals surface area (Å²) in [5.74, 6) is -0.263. The molecule has 4 nitrogen and oxygen atoms in total. The molecule has 2 aromatic rings. The summed E-state index contributed by atoms with van der Waals surface area (Å²) in [6, 6.07) is 14.2. The Kier molecular flexibility index (Phi) is 6.86. The van der Waals surface area contributed by atoms with Gasteiger partial charge < -0.3 is 13.9 Å². The summed E-state index contributed by atoms with van der Waals surface area (Å²) in [7, 11) is 0. The van der Waals surface area contributed by atoms with Crippen LogP contribution in [-0.2, 0) is 9.53 Å². The van der Waals surface area contributed by atoms with Gasteiger partial charge in [-0.2, -0.15) is 0 Å². The molecule has 1 aliphatic carbocycles. The number of amides is 1. The molecule has 1 amide bonds. The van der Waals surface area contributed by atoms with Gasteiger partial charge in [-0.05, 0) is 61.0 Å². The molecular weight excluding hydrogens is 423 g/mol. The van der Waals surface area contributed by atoms with Crippen LogP contribution in [0.5, 0.6) is 0 Å². The van der Waals surface area contributed by atoms with Crippen molar-refractivity contribution in [2.45, 2.75) is 43.5 Å². The van der Waals surface area contributed by atoms with Crippen molar-refractivity contribution in [2.24, 2.45) is 0 Å². The lowest BCUT2D eigenvalue weighted by molar-refractivity contribution is -0.152. The van der Waals surface area contributed by atoms with Gasteiger partial charge in [0.2, 0.25) is 5.91 Å². The van der Waals surface area contributed by atoms with E-state index in [1.807, 2.05) is 45.6 Å². The molecule has 0 radical (unpaired) electrons. The minimum absolute atomic E-state index is 0.0297. The summed E-state index contributed by atoms with van der Waals surface area (Å²) in [4.78, 5) is 14.9. The molecule has 0 aromatic heterocycles. The summed E-state index contributed by atoms with van der Waals surface area (Å²) in [5, 5.41) is 1.18. The largest absolute Gasteiger partial charge is 0.369 e. The van der Waals surface area contributed by atoms with Gasteiger partial charge in [-0.1, -0.05) is 42.8 Å². The van der Waals surface area contributed by atoms with E-state index in [4.69, 9.17) is 16.3 Å². The van der Waals surface area contributed by atoms with Crippen LogP contribution < -0.4 is 4.31 Å². The Morgan fingerprint density at radius 3 is 2.63 bits per heavy atom. The first-order valence-electron chi connectivity index (χ1n) is 10.4. The van der Waals surface area contributed by atoms with Gasteiger partial charge >= 0.3 is 0 Å². The fraction of sp³-hybridized carbons (Fsp3) is 0.435. The van der Waals surface area contributed by atoms with Crippen LogP contribution >= 0.6 is 23.5 Å². The van der Waals surface area contributed by atoms with E-state index in [2.05, 4.69) is 6.92 Å². The van der Waals surface area contributed by atoms with Crippen molar-refractivity contribution in [2.75, 3.05) is 24.1 Å². The first-order valence-corrected chi connectivity index (χ1v) is 11.6. The Bertz CT molecular complexity index is 878. The van der Waals surface area contributed by atoms with Crippen LogP contribution in [0.15, 0.2) is 48.5 Å². The zero-order chi connectivity index (χ0) is 21.1. The number of carbonyl (C=O) groups excluding carboxylic acids is 1. The molecule has 2 unspecified atom stereocenters. The van der Waals surface area contributed by atoms with Crippen molar-refractivity contribution in [1.29, 1.82) is 0 Å². The first kappa shape index (κ1) is 21.5. The van der Waals surface area contributed by atoms with Gasteiger partial charge in [-0.15, -0.1) is 0 Å². The lowest BCUT2D eigenvalue weighted by Gasteiger charge is -2.42. The smallest absolute Gasteiger partial charge is 0.249 e. The summed E-state index contributed by atoms with van der Waals surface area (Å²) in [5.41, 5.74) is 1.58.